The Labute approximate surface area is 241 Å². The normalized spacial score (nSPS) is 14.6. The number of nitrogens with one attached hydrogen (secondary N) is 1. The molecule has 2 heterocycles. The number of halogens is 1. The molecule has 202 valence electrons. The van der Waals surface area contributed by atoms with E-state index < -0.39 is 17.8 Å². The molecule has 4 aromatic rings. The van der Waals surface area contributed by atoms with Gasteiger partial charge in [0.15, 0.2) is 0 Å². The van der Waals surface area contributed by atoms with E-state index in [-0.39, 0.29) is 5.57 Å². The molecular weight excluding hydrogens is 570 g/mol. The minimum atomic E-state index is -0.760. The topological polar surface area (TPSA) is 80.6 Å². The van der Waals surface area contributed by atoms with Gasteiger partial charge in [-0.2, -0.15) is 0 Å². The van der Waals surface area contributed by atoms with Crippen LogP contribution >= 0.6 is 15.9 Å². The van der Waals surface area contributed by atoms with Gasteiger partial charge in [0.05, 0.1) is 5.69 Å². The zero-order valence-electron chi connectivity index (χ0n) is 22.4. The molecule has 0 aliphatic carbocycles. The first kappa shape index (κ1) is 27.1. The Morgan fingerprint density at radius 3 is 2.12 bits per heavy atom. The van der Waals surface area contributed by atoms with E-state index in [4.69, 9.17) is 4.74 Å². The number of carbonyl (C=O) groups is 3. The van der Waals surface area contributed by atoms with Gasteiger partial charge in [0, 0.05) is 21.5 Å². The minimum Gasteiger partial charge on any atom is -0.489 e. The van der Waals surface area contributed by atoms with Gasteiger partial charge >= 0.3 is 6.03 Å². The summed E-state index contributed by atoms with van der Waals surface area (Å²) in [5.41, 5.74) is 5.87. The van der Waals surface area contributed by atoms with Gasteiger partial charge < -0.3 is 9.30 Å². The molecule has 4 amide bonds. The van der Waals surface area contributed by atoms with Crippen molar-refractivity contribution in [3.63, 3.8) is 0 Å². The highest BCUT2D eigenvalue weighted by atomic mass is 79.9. The van der Waals surface area contributed by atoms with Crippen molar-refractivity contribution in [1.82, 2.24) is 9.88 Å². The number of anilines is 1. The van der Waals surface area contributed by atoms with E-state index in [0.717, 1.165) is 49.7 Å². The lowest BCUT2D eigenvalue weighted by molar-refractivity contribution is -0.122. The Hall–Kier alpha value is -4.43. The number of hydrogen-bond donors (Lipinski definition) is 1. The van der Waals surface area contributed by atoms with Crippen molar-refractivity contribution in [2.75, 3.05) is 4.90 Å². The third kappa shape index (κ3) is 5.49. The molecule has 1 aliphatic heterocycles. The van der Waals surface area contributed by atoms with Crippen LogP contribution in [0.3, 0.4) is 0 Å². The highest BCUT2D eigenvalue weighted by Gasteiger charge is 2.37. The summed E-state index contributed by atoms with van der Waals surface area (Å²) in [4.78, 5) is 39.6. The van der Waals surface area contributed by atoms with Crippen molar-refractivity contribution in [2.45, 2.75) is 33.8 Å². The molecule has 8 heteroatoms. The number of rotatable bonds is 7. The summed E-state index contributed by atoms with van der Waals surface area (Å²) in [7, 11) is 0. The Morgan fingerprint density at radius 2 is 1.48 bits per heavy atom. The molecular formula is C32H28BrN3O4. The Bertz CT molecular complexity index is 1620. The number of amides is 4. The van der Waals surface area contributed by atoms with Crippen LogP contribution in [0.25, 0.3) is 11.8 Å². The van der Waals surface area contributed by atoms with Gasteiger partial charge in [-0.3, -0.25) is 14.9 Å². The number of hydrogen-bond acceptors (Lipinski definition) is 4. The average Bonchev–Trinajstić information content (AvgIpc) is 3.23. The summed E-state index contributed by atoms with van der Waals surface area (Å²) in [6.07, 6.45) is 2.38. The van der Waals surface area contributed by atoms with Gasteiger partial charge in [-0.05, 0) is 97.6 Å². The van der Waals surface area contributed by atoms with Crippen LogP contribution < -0.4 is 15.0 Å². The summed E-state index contributed by atoms with van der Waals surface area (Å²) in [6, 6.07) is 24.0. The molecule has 1 aliphatic rings. The van der Waals surface area contributed by atoms with Crippen LogP contribution in [-0.2, 0) is 22.6 Å². The fourth-order valence-electron chi connectivity index (χ4n) is 4.70. The van der Waals surface area contributed by atoms with Gasteiger partial charge in [-0.1, -0.05) is 47.1 Å². The van der Waals surface area contributed by atoms with Crippen LogP contribution in [0.2, 0.25) is 0 Å². The van der Waals surface area contributed by atoms with E-state index in [1.54, 1.807) is 18.2 Å². The highest BCUT2D eigenvalue weighted by Crippen LogP contribution is 2.27. The third-order valence-electron chi connectivity index (χ3n) is 6.89. The standard InChI is InChI=1S/C32H28BrN3O4/c1-4-22-7-11-27(12-8-22)36-31(38)29(30(37)34-32(36)39)18-24-17-20(2)35(21(24)3)26-13-15-28(16-14-26)40-19-23-5-9-25(33)10-6-23/h5-18H,4,19H2,1-3H3,(H,34,37,39)/b29-18-. The van der Waals surface area contributed by atoms with Crippen LogP contribution in [0.4, 0.5) is 10.5 Å². The van der Waals surface area contributed by atoms with Crippen molar-refractivity contribution >= 4 is 45.5 Å². The van der Waals surface area contributed by atoms with Gasteiger partial charge in [-0.15, -0.1) is 0 Å². The predicted molar refractivity (Wildman–Crippen MR) is 159 cm³/mol. The van der Waals surface area contributed by atoms with E-state index in [1.807, 2.05) is 92.1 Å². The summed E-state index contributed by atoms with van der Waals surface area (Å²) >= 11 is 3.44. The number of urea groups is 1. The smallest absolute Gasteiger partial charge is 0.335 e. The quantitative estimate of drug-likeness (QED) is 0.191. The first-order valence-electron chi connectivity index (χ1n) is 12.9. The number of aryl methyl sites for hydroxylation is 2. The second-order valence-corrected chi connectivity index (χ2v) is 10.5. The lowest BCUT2D eigenvalue weighted by Crippen LogP contribution is -2.54. The SMILES string of the molecule is CCc1ccc(N2C(=O)NC(=O)/C(=C/c3cc(C)n(-c4ccc(OCc5ccc(Br)cc5)cc4)c3C)C2=O)cc1. The van der Waals surface area contributed by atoms with Crippen LogP contribution in [0.15, 0.2) is 88.9 Å². The molecule has 0 saturated carbocycles. The Morgan fingerprint density at radius 1 is 0.850 bits per heavy atom. The summed E-state index contributed by atoms with van der Waals surface area (Å²) < 4.78 is 9.00. The van der Waals surface area contributed by atoms with Crippen molar-refractivity contribution < 1.29 is 19.1 Å². The number of imide groups is 2. The maximum absolute atomic E-state index is 13.3. The van der Waals surface area contributed by atoms with Crippen LogP contribution in [0.1, 0.15) is 35.0 Å². The first-order valence-corrected chi connectivity index (χ1v) is 13.7. The molecule has 40 heavy (non-hydrogen) atoms. The molecule has 0 bridgehead atoms. The molecule has 5 rings (SSSR count). The number of carbonyl (C=O) groups excluding carboxylic acids is 3. The van der Waals surface area contributed by atoms with Gasteiger partial charge in [0.2, 0.25) is 0 Å². The summed E-state index contributed by atoms with van der Waals surface area (Å²) in [6.45, 7) is 6.37. The monoisotopic (exact) mass is 597 g/mol. The fourth-order valence-corrected chi connectivity index (χ4v) is 4.96. The predicted octanol–water partition coefficient (Wildman–Crippen LogP) is 6.66. The number of nitrogens with zero attached hydrogens (tertiary/aromatic N) is 2. The maximum Gasteiger partial charge on any atom is 0.335 e. The number of benzene rings is 3. The van der Waals surface area contributed by atoms with Crippen LogP contribution in [0.5, 0.6) is 5.75 Å². The Balaban J connectivity index is 1.38. The van der Waals surface area contributed by atoms with Gasteiger partial charge in [-0.25, -0.2) is 9.69 Å². The average molecular weight is 598 g/mol. The summed E-state index contributed by atoms with van der Waals surface area (Å²) in [5.74, 6) is -0.624. The molecule has 0 spiro atoms. The second-order valence-electron chi connectivity index (χ2n) is 9.55. The van der Waals surface area contributed by atoms with Crippen molar-refractivity contribution in [2.24, 2.45) is 0 Å². The zero-order chi connectivity index (χ0) is 28.4. The van der Waals surface area contributed by atoms with Crippen molar-refractivity contribution in [3.05, 3.63) is 117 Å². The summed E-state index contributed by atoms with van der Waals surface area (Å²) in [5, 5.41) is 2.30. The van der Waals surface area contributed by atoms with Crippen molar-refractivity contribution in [3.8, 4) is 11.4 Å². The molecule has 1 saturated heterocycles. The second kappa shape index (κ2) is 11.4. The first-order chi connectivity index (χ1) is 19.2. The molecule has 1 N–H and O–H groups in total. The third-order valence-corrected chi connectivity index (χ3v) is 7.42. The number of barbiturate groups is 1. The Kier molecular flexibility index (Phi) is 7.71. The van der Waals surface area contributed by atoms with E-state index >= 15 is 0 Å². The molecule has 1 fully saturated rings. The lowest BCUT2D eigenvalue weighted by Gasteiger charge is -2.26. The lowest BCUT2D eigenvalue weighted by atomic mass is 10.1. The van der Waals surface area contributed by atoms with E-state index in [9.17, 15) is 14.4 Å². The van der Waals surface area contributed by atoms with Gasteiger partial charge in [0.1, 0.15) is 17.9 Å². The van der Waals surface area contributed by atoms with Crippen LogP contribution in [-0.4, -0.2) is 22.4 Å². The van der Waals surface area contributed by atoms with E-state index in [0.29, 0.717) is 17.9 Å². The molecule has 7 nitrogen and oxygen atoms in total. The minimum absolute atomic E-state index is 0.101. The highest BCUT2D eigenvalue weighted by molar-refractivity contribution is 9.10. The molecule has 0 unspecified atom stereocenters. The largest absolute Gasteiger partial charge is 0.489 e. The molecule has 0 radical (unpaired) electrons. The number of aromatic nitrogens is 1. The molecule has 0 atom stereocenters. The van der Waals surface area contributed by atoms with E-state index in [1.165, 1.54) is 0 Å². The fraction of sp³-hybridized carbons (Fsp3) is 0.156. The number of ether oxygens (including phenoxy) is 1. The van der Waals surface area contributed by atoms with Crippen LogP contribution in [0, 0.1) is 13.8 Å². The zero-order valence-corrected chi connectivity index (χ0v) is 24.0. The van der Waals surface area contributed by atoms with E-state index in [2.05, 4.69) is 21.2 Å². The molecule has 3 aromatic carbocycles. The van der Waals surface area contributed by atoms with Gasteiger partial charge in [0.25, 0.3) is 11.8 Å². The van der Waals surface area contributed by atoms with Crippen molar-refractivity contribution in [1.29, 1.82) is 0 Å². The maximum atomic E-state index is 13.3. The molecule has 1 aromatic heterocycles.